The standard InChI is InChI=1S/C16H21N3O/c1-5-14-16(15(20)6-2)17-18-19(14)13-9-7-12(8-10-13)11(3)4/h7-11H,5-6H2,1-4H3. The summed E-state index contributed by atoms with van der Waals surface area (Å²) in [5, 5.41) is 8.20. The molecule has 2 aromatic rings. The lowest BCUT2D eigenvalue weighted by Gasteiger charge is -2.08. The van der Waals surface area contributed by atoms with Crippen molar-refractivity contribution in [3.05, 3.63) is 41.2 Å². The molecule has 4 heteroatoms. The molecule has 0 fully saturated rings. The first-order chi connectivity index (χ1) is 9.58. The number of hydrogen-bond donors (Lipinski definition) is 0. The van der Waals surface area contributed by atoms with Gasteiger partial charge in [-0.15, -0.1) is 5.10 Å². The number of aromatic nitrogens is 3. The zero-order valence-electron chi connectivity index (χ0n) is 12.6. The van der Waals surface area contributed by atoms with E-state index in [9.17, 15) is 4.79 Å². The smallest absolute Gasteiger partial charge is 0.184 e. The van der Waals surface area contributed by atoms with E-state index in [0.29, 0.717) is 18.0 Å². The zero-order valence-corrected chi connectivity index (χ0v) is 12.6. The first-order valence-electron chi connectivity index (χ1n) is 7.16. The van der Waals surface area contributed by atoms with E-state index in [1.807, 2.05) is 26.0 Å². The van der Waals surface area contributed by atoms with Crippen molar-refractivity contribution in [2.24, 2.45) is 0 Å². The van der Waals surface area contributed by atoms with Crippen LogP contribution in [0.2, 0.25) is 0 Å². The molecule has 2 rings (SSSR count). The molecule has 0 aliphatic rings. The maximum Gasteiger partial charge on any atom is 0.184 e. The third-order valence-corrected chi connectivity index (χ3v) is 3.49. The van der Waals surface area contributed by atoms with Crippen LogP contribution in [0.4, 0.5) is 0 Å². The van der Waals surface area contributed by atoms with Crippen molar-refractivity contribution in [2.75, 3.05) is 0 Å². The second-order valence-electron chi connectivity index (χ2n) is 5.17. The lowest BCUT2D eigenvalue weighted by Crippen LogP contribution is -2.06. The predicted octanol–water partition coefficient (Wildman–Crippen LogP) is 3.55. The van der Waals surface area contributed by atoms with E-state index < -0.39 is 0 Å². The van der Waals surface area contributed by atoms with Crippen molar-refractivity contribution in [3.8, 4) is 5.69 Å². The van der Waals surface area contributed by atoms with Crippen molar-refractivity contribution in [2.45, 2.75) is 46.5 Å². The van der Waals surface area contributed by atoms with Gasteiger partial charge in [0.2, 0.25) is 0 Å². The van der Waals surface area contributed by atoms with Crippen molar-refractivity contribution in [1.29, 1.82) is 0 Å². The molecule has 0 saturated carbocycles. The highest BCUT2D eigenvalue weighted by atomic mass is 16.1. The molecule has 0 amide bonds. The van der Waals surface area contributed by atoms with Gasteiger partial charge in [0.1, 0.15) is 0 Å². The molecular weight excluding hydrogens is 250 g/mol. The van der Waals surface area contributed by atoms with Gasteiger partial charge in [-0.05, 0) is 30.0 Å². The monoisotopic (exact) mass is 271 g/mol. The number of Topliss-reactive ketones (excluding diaryl/α,β-unsaturated/α-hetero) is 1. The van der Waals surface area contributed by atoms with E-state index >= 15 is 0 Å². The fraction of sp³-hybridized carbons (Fsp3) is 0.438. The first kappa shape index (κ1) is 14.4. The van der Waals surface area contributed by atoms with Crippen LogP contribution in [0, 0.1) is 0 Å². The second kappa shape index (κ2) is 5.99. The number of hydrogen-bond acceptors (Lipinski definition) is 3. The van der Waals surface area contributed by atoms with Crippen LogP contribution in [-0.2, 0) is 6.42 Å². The summed E-state index contributed by atoms with van der Waals surface area (Å²) in [6.07, 6.45) is 1.19. The predicted molar refractivity (Wildman–Crippen MR) is 79.4 cm³/mol. The third-order valence-electron chi connectivity index (χ3n) is 3.49. The molecule has 20 heavy (non-hydrogen) atoms. The van der Waals surface area contributed by atoms with Gasteiger partial charge in [-0.2, -0.15) is 0 Å². The van der Waals surface area contributed by atoms with Crippen LogP contribution in [0.5, 0.6) is 0 Å². The summed E-state index contributed by atoms with van der Waals surface area (Å²) in [5.74, 6) is 0.551. The highest BCUT2D eigenvalue weighted by Crippen LogP contribution is 2.19. The van der Waals surface area contributed by atoms with Gasteiger partial charge in [-0.25, -0.2) is 4.68 Å². The number of ketones is 1. The normalized spacial score (nSPS) is 11.1. The minimum atomic E-state index is 0.0481. The number of carbonyl (C=O) groups is 1. The fourth-order valence-corrected chi connectivity index (χ4v) is 2.21. The lowest BCUT2D eigenvalue weighted by molar-refractivity contribution is 0.0982. The number of nitrogens with zero attached hydrogens (tertiary/aromatic N) is 3. The largest absolute Gasteiger partial charge is 0.292 e. The Morgan fingerprint density at radius 2 is 1.85 bits per heavy atom. The van der Waals surface area contributed by atoms with Gasteiger partial charge in [0.15, 0.2) is 11.5 Å². The van der Waals surface area contributed by atoms with Crippen LogP contribution >= 0.6 is 0 Å². The highest BCUT2D eigenvalue weighted by molar-refractivity contribution is 5.95. The first-order valence-corrected chi connectivity index (χ1v) is 7.16. The third kappa shape index (κ3) is 2.64. The van der Waals surface area contributed by atoms with E-state index in [2.05, 4.69) is 36.3 Å². The van der Waals surface area contributed by atoms with E-state index in [0.717, 1.165) is 17.8 Å². The Morgan fingerprint density at radius 1 is 1.20 bits per heavy atom. The molecule has 1 aromatic heterocycles. The van der Waals surface area contributed by atoms with Crippen molar-refractivity contribution < 1.29 is 4.79 Å². The molecule has 0 aliphatic heterocycles. The van der Waals surface area contributed by atoms with E-state index in [1.165, 1.54) is 5.56 Å². The molecule has 0 atom stereocenters. The average molecular weight is 271 g/mol. The minimum Gasteiger partial charge on any atom is -0.292 e. The van der Waals surface area contributed by atoms with Crippen molar-refractivity contribution >= 4 is 5.78 Å². The van der Waals surface area contributed by atoms with Gasteiger partial charge < -0.3 is 0 Å². The fourth-order valence-electron chi connectivity index (χ4n) is 2.21. The average Bonchev–Trinajstić information content (AvgIpc) is 2.90. The Bertz CT molecular complexity index is 597. The maximum atomic E-state index is 11.9. The Balaban J connectivity index is 2.42. The molecule has 106 valence electrons. The van der Waals surface area contributed by atoms with Crippen LogP contribution in [-0.4, -0.2) is 20.8 Å². The molecule has 4 nitrogen and oxygen atoms in total. The lowest BCUT2D eigenvalue weighted by atomic mass is 10.0. The van der Waals surface area contributed by atoms with Gasteiger partial charge in [0.25, 0.3) is 0 Å². The number of rotatable bonds is 5. The summed E-state index contributed by atoms with van der Waals surface area (Å²) in [4.78, 5) is 11.9. The number of benzene rings is 1. The van der Waals surface area contributed by atoms with Gasteiger partial charge in [0, 0.05) is 6.42 Å². The Hall–Kier alpha value is -1.97. The SMILES string of the molecule is CCC(=O)c1nnn(-c2ccc(C(C)C)cc2)c1CC. The second-order valence-corrected chi connectivity index (χ2v) is 5.17. The molecule has 0 spiro atoms. The topological polar surface area (TPSA) is 47.8 Å². The van der Waals surface area contributed by atoms with Crippen LogP contribution in [0.25, 0.3) is 5.69 Å². The molecular formula is C16H21N3O. The Kier molecular flexibility index (Phi) is 4.32. The molecule has 0 aliphatic carbocycles. The van der Waals surface area contributed by atoms with Crippen LogP contribution in [0.15, 0.2) is 24.3 Å². The van der Waals surface area contributed by atoms with Crippen molar-refractivity contribution in [3.63, 3.8) is 0 Å². The molecule has 0 N–H and O–H groups in total. The number of carbonyl (C=O) groups excluding carboxylic acids is 1. The molecule has 0 radical (unpaired) electrons. The van der Waals surface area contributed by atoms with E-state index in [-0.39, 0.29) is 5.78 Å². The summed E-state index contributed by atoms with van der Waals surface area (Å²) < 4.78 is 1.77. The summed E-state index contributed by atoms with van der Waals surface area (Å²) in [6, 6.07) is 8.26. The van der Waals surface area contributed by atoms with E-state index in [1.54, 1.807) is 4.68 Å². The molecule has 0 unspecified atom stereocenters. The van der Waals surface area contributed by atoms with Crippen LogP contribution < -0.4 is 0 Å². The summed E-state index contributed by atoms with van der Waals surface area (Å²) in [7, 11) is 0. The van der Waals surface area contributed by atoms with Gasteiger partial charge >= 0.3 is 0 Å². The minimum absolute atomic E-state index is 0.0481. The quantitative estimate of drug-likeness (QED) is 0.781. The zero-order chi connectivity index (χ0) is 14.7. The van der Waals surface area contributed by atoms with Crippen LogP contribution in [0.1, 0.15) is 61.8 Å². The molecule has 1 heterocycles. The van der Waals surface area contributed by atoms with E-state index in [4.69, 9.17) is 0 Å². The molecule has 0 bridgehead atoms. The van der Waals surface area contributed by atoms with Gasteiger partial charge in [0.05, 0.1) is 11.4 Å². The summed E-state index contributed by atoms with van der Waals surface area (Å²) in [5.41, 5.74) is 3.63. The van der Waals surface area contributed by atoms with Gasteiger partial charge in [-0.3, -0.25) is 4.79 Å². The Labute approximate surface area is 119 Å². The molecule has 0 saturated heterocycles. The summed E-state index contributed by atoms with van der Waals surface area (Å²) in [6.45, 7) is 8.20. The Morgan fingerprint density at radius 3 is 2.35 bits per heavy atom. The van der Waals surface area contributed by atoms with Crippen molar-refractivity contribution in [1.82, 2.24) is 15.0 Å². The summed E-state index contributed by atoms with van der Waals surface area (Å²) >= 11 is 0. The molecule has 1 aromatic carbocycles. The maximum absolute atomic E-state index is 11.9. The van der Waals surface area contributed by atoms with Crippen LogP contribution in [0.3, 0.4) is 0 Å². The van der Waals surface area contributed by atoms with Gasteiger partial charge in [-0.1, -0.05) is 45.0 Å². The highest BCUT2D eigenvalue weighted by Gasteiger charge is 2.17.